The van der Waals surface area contributed by atoms with Crippen LogP contribution in [0.25, 0.3) is 0 Å². The summed E-state index contributed by atoms with van der Waals surface area (Å²) in [5.74, 6) is -1.39. The van der Waals surface area contributed by atoms with Gasteiger partial charge < -0.3 is 10.4 Å². The zero-order valence-electron chi connectivity index (χ0n) is 10.6. The zero-order chi connectivity index (χ0) is 14.0. The second kappa shape index (κ2) is 5.40. The van der Waals surface area contributed by atoms with Gasteiger partial charge in [0.05, 0.1) is 17.7 Å². The number of carboxylic acid groups (broad SMARTS) is 1. The summed E-state index contributed by atoms with van der Waals surface area (Å²) in [4.78, 5) is 27.8. The van der Waals surface area contributed by atoms with Crippen molar-refractivity contribution >= 4 is 28.5 Å². The Kier molecular flexibility index (Phi) is 3.84. The normalized spacial score (nSPS) is 21.4. The Labute approximate surface area is 114 Å². The maximum Gasteiger partial charge on any atom is 0.321 e. The molecular weight excluding hydrogens is 266 g/mol. The SMILES string of the molecule is Cc1nc(NC(=O)NC2C=CC(C(=O)O)C2)sc1C. The molecule has 0 saturated heterocycles. The molecule has 1 heterocycles. The van der Waals surface area contributed by atoms with E-state index in [2.05, 4.69) is 15.6 Å². The topological polar surface area (TPSA) is 91.3 Å². The molecule has 0 aromatic carbocycles. The van der Waals surface area contributed by atoms with Gasteiger partial charge in [0.15, 0.2) is 5.13 Å². The van der Waals surface area contributed by atoms with Gasteiger partial charge in [0.2, 0.25) is 0 Å². The second-order valence-corrected chi connectivity index (χ2v) is 5.63. The number of nitrogens with zero attached hydrogens (tertiary/aromatic N) is 1. The van der Waals surface area contributed by atoms with E-state index < -0.39 is 11.9 Å². The summed E-state index contributed by atoms with van der Waals surface area (Å²) in [7, 11) is 0. The minimum Gasteiger partial charge on any atom is -0.481 e. The van der Waals surface area contributed by atoms with Gasteiger partial charge in [-0.2, -0.15) is 0 Å². The lowest BCUT2D eigenvalue weighted by Crippen LogP contribution is -2.36. The van der Waals surface area contributed by atoms with E-state index in [-0.39, 0.29) is 12.1 Å². The molecule has 0 saturated carbocycles. The van der Waals surface area contributed by atoms with Crippen LogP contribution in [0.5, 0.6) is 0 Å². The van der Waals surface area contributed by atoms with Crippen LogP contribution in [0, 0.1) is 19.8 Å². The number of anilines is 1. The first-order valence-corrected chi connectivity index (χ1v) is 6.70. The number of thiazole rings is 1. The van der Waals surface area contributed by atoms with Gasteiger partial charge in [0.1, 0.15) is 0 Å². The number of hydrogen-bond acceptors (Lipinski definition) is 4. The van der Waals surface area contributed by atoms with Crippen LogP contribution in [0.4, 0.5) is 9.93 Å². The quantitative estimate of drug-likeness (QED) is 0.738. The van der Waals surface area contributed by atoms with E-state index in [9.17, 15) is 9.59 Å². The molecule has 1 aromatic rings. The van der Waals surface area contributed by atoms with Gasteiger partial charge in [-0.3, -0.25) is 10.1 Å². The number of carbonyl (C=O) groups is 2. The summed E-state index contributed by atoms with van der Waals surface area (Å²) < 4.78 is 0. The lowest BCUT2D eigenvalue weighted by molar-refractivity contribution is -0.140. The Bertz CT molecular complexity index is 519. The molecule has 0 bridgehead atoms. The Hall–Kier alpha value is -1.89. The van der Waals surface area contributed by atoms with Crippen LogP contribution >= 0.6 is 11.3 Å². The largest absolute Gasteiger partial charge is 0.481 e. The van der Waals surface area contributed by atoms with Gasteiger partial charge in [-0.15, -0.1) is 11.3 Å². The molecule has 0 fully saturated rings. The maximum atomic E-state index is 11.7. The van der Waals surface area contributed by atoms with Crippen LogP contribution in [0.2, 0.25) is 0 Å². The minimum atomic E-state index is -0.868. The van der Waals surface area contributed by atoms with E-state index in [4.69, 9.17) is 5.11 Å². The molecule has 0 radical (unpaired) electrons. The van der Waals surface area contributed by atoms with Crippen molar-refractivity contribution in [2.24, 2.45) is 5.92 Å². The van der Waals surface area contributed by atoms with Gasteiger partial charge in [0, 0.05) is 4.88 Å². The van der Waals surface area contributed by atoms with E-state index in [1.54, 1.807) is 12.2 Å². The third-order valence-corrected chi connectivity index (χ3v) is 3.95. The van der Waals surface area contributed by atoms with Crippen molar-refractivity contribution < 1.29 is 14.7 Å². The number of rotatable bonds is 3. The van der Waals surface area contributed by atoms with Gasteiger partial charge in [0.25, 0.3) is 0 Å². The first-order valence-electron chi connectivity index (χ1n) is 5.88. The summed E-state index contributed by atoms with van der Waals surface area (Å²) in [6, 6.07) is -0.613. The maximum absolute atomic E-state index is 11.7. The summed E-state index contributed by atoms with van der Waals surface area (Å²) in [6.07, 6.45) is 3.69. The third kappa shape index (κ3) is 3.31. The highest BCUT2D eigenvalue weighted by Gasteiger charge is 2.25. The Morgan fingerprint density at radius 3 is 2.68 bits per heavy atom. The number of hydrogen-bond donors (Lipinski definition) is 3. The number of carbonyl (C=O) groups excluding carboxylic acids is 1. The van der Waals surface area contributed by atoms with Gasteiger partial charge in [-0.05, 0) is 20.3 Å². The molecule has 19 heavy (non-hydrogen) atoms. The molecule has 1 aliphatic rings. The Balaban J connectivity index is 1.86. The number of nitrogens with one attached hydrogen (secondary N) is 2. The van der Waals surface area contributed by atoms with E-state index in [1.807, 2.05) is 13.8 Å². The molecule has 7 heteroatoms. The van der Waals surface area contributed by atoms with Gasteiger partial charge in [-0.1, -0.05) is 12.2 Å². The van der Waals surface area contributed by atoms with Crippen molar-refractivity contribution in [3.8, 4) is 0 Å². The second-order valence-electron chi connectivity index (χ2n) is 4.43. The molecule has 0 aliphatic heterocycles. The molecule has 1 aromatic heterocycles. The lowest BCUT2D eigenvalue weighted by atomic mass is 10.1. The van der Waals surface area contributed by atoms with Crippen molar-refractivity contribution in [2.75, 3.05) is 5.32 Å². The molecule has 3 N–H and O–H groups in total. The highest BCUT2D eigenvalue weighted by atomic mass is 32.1. The predicted octanol–water partition coefficient (Wildman–Crippen LogP) is 1.91. The minimum absolute atomic E-state index is 0.247. The van der Waals surface area contributed by atoms with Crippen LogP contribution in [-0.2, 0) is 4.79 Å². The highest BCUT2D eigenvalue weighted by Crippen LogP contribution is 2.21. The fraction of sp³-hybridized carbons (Fsp3) is 0.417. The van der Waals surface area contributed by atoms with Crippen molar-refractivity contribution in [2.45, 2.75) is 26.3 Å². The predicted molar refractivity (Wildman–Crippen MR) is 72.4 cm³/mol. The third-order valence-electron chi connectivity index (χ3n) is 2.97. The van der Waals surface area contributed by atoms with Crippen LogP contribution < -0.4 is 10.6 Å². The molecule has 0 spiro atoms. The first-order chi connectivity index (χ1) is 8.95. The number of aliphatic carboxylic acids is 1. The van der Waals surface area contributed by atoms with Crippen molar-refractivity contribution in [1.29, 1.82) is 0 Å². The van der Waals surface area contributed by atoms with Crippen molar-refractivity contribution in [3.63, 3.8) is 0 Å². The van der Waals surface area contributed by atoms with Crippen LogP contribution in [-0.4, -0.2) is 28.1 Å². The first kappa shape index (κ1) is 13.5. The average molecular weight is 281 g/mol. The van der Waals surface area contributed by atoms with Crippen LogP contribution in [0.15, 0.2) is 12.2 Å². The van der Waals surface area contributed by atoms with Crippen molar-refractivity contribution in [3.05, 3.63) is 22.7 Å². The summed E-state index contributed by atoms with van der Waals surface area (Å²) in [5, 5.41) is 14.7. The van der Waals surface area contributed by atoms with Crippen LogP contribution in [0.3, 0.4) is 0 Å². The highest BCUT2D eigenvalue weighted by molar-refractivity contribution is 7.15. The summed E-state index contributed by atoms with van der Waals surface area (Å²) >= 11 is 1.41. The molecule has 2 rings (SSSR count). The number of aromatic nitrogens is 1. The number of amides is 2. The van der Waals surface area contributed by atoms with E-state index >= 15 is 0 Å². The number of aryl methyl sites for hydroxylation is 2. The fourth-order valence-electron chi connectivity index (χ4n) is 1.82. The van der Waals surface area contributed by atoms with E-state index in [0.29, 0.717) is 11.6 Å². The van der Waals surface area contributed by atoms with E-state index in [1.165, 1.54) is 11.3 Å². The fourth-order valence-corrected chi connectivity index (χ4v) is 2.63. The smallest absolute Gasteiger partial charge is 0.321 e. The standard InChI is InChI=1S/C12H15N3O3S/c1-6-7(2)19-12(13-6)15-11(18)14-9-4-3-8(5-9)10(16)17/h3-4,8-9H,5H2,1-2H3,(H,16,17)(H2,13,14,15,18). The van der Waals surface area contributed by atoms with Crippen LogP contribution in [0.1, 0.15) is 17.0 Å². The molecule has 1 aliphatic carbocycles. The van der Waals surface area contributed by atoms with E-state index in [0.717, 1.165) is 10.6 Å². The molecular formula is C12H15N3O3S. The number of urea groups is 1. The zero-order valence-corrected chi connectivity index (χ0v) is 11.5. The lowest BCUT2D eigenvalue weighted by Gasteiger charge is -2.11. The molecule has 2 unspecified atom stereocenters. The molecule has 2 amide bonds. The monoisotopic (exact) mass is 281 g/mol. The van der Waals surface area contributed by atoms with Gasteiger partial charge in [-0.25, -0.2) is 9.78 Å². The molecule has 2 atom stereocenters. The number of carboxylic acids is 1. The van der Waals surface area contributed by atoms with Gasteiger partial charge >= 0.3 is 12.0 Å². The molecule has 6 nitrogen and oxygen atoms in total. The summed E-state index contributed by atoms with van der Waals surface area (Å²) in [5.41, 5.74) is 0.895. The Morgan fingerprint density at radius 2 is 2.16 bits per heavy atom. The summed E-state index contributed by atoms with van der Waals surface area (Å²) in [6.45, 7) is 3.82. The molecule has 102 valence electrons. The Morgan fingerprint density at radius 1 is 1.42 bits per heavy atom. The van der Waals surface area contributed by atoms with Crippen molar-refractivity contribution in [1.82, 2.24) is 10.3 Å². The average Bonchev–Trinajstić information content (AvgIpc) is 2.87.